The summed E-state index contributed by atoms with van der Waals surface area (Å²) in [7, 11) is 0. The first-order valence-electron chi connectivity index (χ1n) is 10.8. The molecule has 172 valence electrons. The van der Waals surface area contributed by atoms with E-state index in [2.05, 4.69) is 21.9 Å². The second-order valence-corrected chi connectivity index (χ2v) is 7.51. The largest absolute Gasteiger partial charge is 0.481 e. The molecule has 0 fully saturated rings. The van der Waals surface area contributed by atoms with Gasteiger partial charge in [0.2, 0.25) is 17.5 Å². The van der Waals surface area contributed by atoms with E-state index in [1.807, 2.05) is 37.3 Å². The summed E-state index contributed by atoms with van der Waals surface area (Å²) in [5, 5.41) is 12.1. The highest BCUT2D eigenvalue weighted by molar-refractivity contribution is 6.00. The Hall–Kier alpha value is -3.94. The SMILES string of the molecule is C=CCNC(=O)C=Cc1c(-c2ccccc2)oc2ncnc(O[C@H](C)CCCCC(=O)O)c12. The molecule has 1 atom stereocenters. The number of rotatable bonds is 12. The number of nitrogens with zero attached hydrogens (tertiary/aromatic N) is 2. The second-order valence-electron chi connectivity index (χ2n) is 7.51. The monoisotopic (exact) mass is 449 g/mol. The van der Waals surface area contributed by atoms with Crippen molar-refractivity contribution in [1.82, 2.24) is 15.3 Å². The van der Waals surface area contributed by atoms with Crippen molar-refractivity contribution < 1.29 is 23.8 Å². The molecule has 0 aliphatic heterocycles. The Morgan fingerprint density at radius 2 is 2.03 bits per heavy atom. The van der Waals surface area contributed by atoms with Crippen LogP contribution in [-0.2, 0) is 9.59 Å². The van der Waals surface area contributed by atoms with Gasteiger partial charge in [-0.05, 0) is 32.3 Å². The van der Waals surface area contributed by atoms with Crippen LogP contribution in [0.25, 0.3) is 28.5 Å². The number of hydrogen-bond donors (Lipinski definition) is 2. The van der Waals surface area contributed by atoms with E-state index in [0.717, 1.165) is 12.0 Å². The zero-order valence-corrected chi connectivity index (χ0v) is 18.5. The number of ether oxygens (including phenoxy) is 1. The van der Waals surface area contributed by atoms with Crippen LogP contribution >= 0.6 is 0 Å². The predicted molar refractivity (Wildman–Crippen MR) is 126 cm³/mol. The van der Waals surface area contributed by atoms with Crippen LogP contribution < -0.4 is 10.1 Å². The first-order valence-corrected chi connectivity index (χ1v) is 10.8. The molecule has 1 amide bonds. The van der Waals surface area contributed by atoms with Gasteiger partial charge in [-0.1, -0.05) is 36.4 Å². The van der Waals surface area contributed by atoms with Crippen LogP contribution in [0.1, 0.15) is 38.2 Å². The number of carboxylic acid groups (broad SMARTS) is 1. The third-order valence-corrected chi connectivity index (χ3v) is 4.91. The number of nitrogens with one attached hydrogen (secondary N) is 1. The average molecular weight is 450 g/mol. The highest BCUT2D eigenvalue weighted by Crippen LogP contribution is 2.38. The number of fused-ring (bicyclic) bond motifs is 1. The van der Waals surface area contributed by atoms with Gasteiger partial charge in [0.1, 0.15) is 17.5 Å². The zero-order valence-electron chi connectivity index (χ0n) is 18.5. The minimum atomic E-state index is -0.804. The molecule has 2 aromatic heterocycles. The van der Waals surface area contributed by atoms with Gasteiger partial charge < -0.3 is 19.6 Å². The predicted octanol–water partition coefficient (Wildman–Crippen LogP) is 4.62. The molecule has 2 N–H and O–H groups in total. The summed E-state index contributed by atoms with van der Waals surface area (Å²) in [4.78, 5) is 31.4. The lowest BCUT2D eigenvalue weighted by Gasteiger charge is -2.14. The van der Waals surface area contributed by atoms with Gasteiger partial charge in [0.25, 0.3) is 0 Å². The van der Waals surface area contributed by atoms with Gasteiger partial charge in [-0.25, -0.2) is 9.97 Å². The molecule has 0 bridgehead atoms. The van der Waals surface area contributed by atoms with Crippen LogP contribution in [0.3, 0.4) is 0 Å². The van der Waals surface area contributed by atoms with Crippen molar-refractivity contribution in [2.45, 2.75) is 38.7 Å². The fourth-order valence-electron chi connectivity index (χ4n) is 3.33. The summed E-state index contributed by atoms with van der Waals surface area (Å²) in [6.45, 7) is 5.86. The molecule has 8 heteroatoms. The summed E-state index contributed by atoms with van der Waals surface area (Å²) in [5.41, 5.74) is 1.82. The van der Waals surface area contributed by atoms with Crippen molar-refractivity contribution in [2.75, 3.05) is 6.54 Å². The van der Waals surface area contributed by atoms with Crippen LogP contribution in [0.15, 0.2) is 59.8 Å². The maximum absolute atomic E-state index is 12.2. The molecule has 0 spiro atoms. The van der Waals surface area contributed by atoms with E-state index in [-0.39, 0.29) is 18.4 Å². The summed E-state index contributed by atoms with van der Waals surface area (Å²) in [6, 6.07) is 9.52. The molecule has 1 aromatic carbocycles. The van der Waals surface area contributed by atoms with E-state index in [0.29, 0.717) is 47.7 Å². The molecule has 33 heavy (non-hydrogen) atoms. The van der Waals surface area contributed by atoms with Crippen molar-refractivity contribution >= 4 is 29.1 Å². The Bertz CT molecular complexity index is 1140. The van der Waals surface area contributed by atoms with Gasteiger partial charge >= 0.3 is 5.97 Å². The Morgan fingerprint density at radius 1 is 1.24 bits per heavy atom. The first-order chi connectivity index (χ1) is 16.0. The van der Waals surface area contributed by atoms with Crippen molar-refractivity contribution in [2.24, 2.45) is 0 Å². The smallest absolute Gasteiger partial charge is 0.303 e. The van der Waals surface area contributed by atoms with Gasteiger partial charge in [0.05, 0.1) is 6.10 Å². The lowest BCUT2D eigenvalue weighted by Crippen LogP contribution is -2.20. The van der Waals surface area contributed by atoms with Crippen molar-refractivity contribution in [1.29, 1.82) is 0 Å². The highest BCUT2D eigenvalue weighted by Gasteiger charge is 2.21. The quantitative estimate of drug-likeness (QED) is 0.236. The van der Waals surface area contributed by atoms with Crippen LogP contribution in [0.2, 0.25) is 0 Å². The first kappa shape index (κ1) is 23.7. The second kappa shape index (κ2) is 11.6. The number of furan rings is 1. The molecule has 8 nitrogen and oxygen atoms in total. The van der Waals surface area contributed by atoms with Gasteiger partial charge in [-0.15, -0.1) is 6.58 Å². The normalized spacial score (nSPS) is 12.0. The Labute approximate surface area is 192 Å². The standard InChI is InChI=1S/C25H27N3O5/c1-3-15-26-20(29)14-13-19-22-24(32-17(2)9-7-8-12-21(30)31)27-16-28-25(22)33-23(19)18-10-5-4-6-11-18/h3-6,10-11,13-14,16-17H,1,7-9,12,15H2,2H3,(H,26,29)(H,30,31)/t17-/m1/s1. The minimum Gasteiger partial charge on any atom is -0.481 e. The number of carbonyl (C=O) groups excluding carboxylic acids is 1. The maximum atomic E-state index is 12.2. The lowest BCUT2D eigenvalue weighted by molar-refractivity contribution is -0.137. The number of aliphatic carboxylic acids is 1. The van der Waals surface area contributed by atoms with Gasteiger partial charge in [0.15, 0.2) is 0 Å². The molecule has 0 aliphatic rings. The van der Waals surface area contributed by atoms with E-state index in [1.54, 1.807) is 12.2 Å². The van der Waals surface area contributed by atoms with Gasteiger partial charge in [-0.2, -0.15) is 0 Å². The summed E-state index contributed by atoms with van der Waals surface area (Å²) in [5.74, 6) is -0.170. The lowest BCUT2D eigenvalue weighted by atomic mass is 10.1. The third-order valence-electron chi connectivity index (χ3n) is 4.91. The topological polar surface area (TPSA) is 115 Å². The van der Waals surface area contributed by atoms with Crippen LogP contribution in [0.5, 0.6) is 5.88 Å². The molecule has 3 rings (SSSR count). The highest BCUT2D eigenvalue weighted by atomic mass is 16.5. The number of carbonyl (C=O) groups is 2. The Balaban J connectivity index is 1.94. The molecule has 2 heterocycles. The molecular weight excluding hydrogens is 422 g/mol. The number of carboxylic acids is 1. The van der Waals surface area contributed by atoms with Gasteiger partial charge in [0, 0.05) is 30.2 Å². The molecule has 0 aliphatic carbocycles. The molecule has 3 aromatic rings. The number of benzene rings is 1. The fraction of sp³-hybridized carbons (Fsp3) is 0.280. The maximum Gasteiger partial charge on any atom is 0.303 e. The van der Waals surface area contributed by atoms with Crippen LogP contribution in [0, 0.1) is 0 Å². The Morgan fingerprint density at radius 3 is 2.76 bits per heavy atom. The summed E-state index contributed by atoms with van der Waals surface area (Å²) < 4.78 is 12.1. The van der Waals surface area contributed by atoms with Crippen molar-refractivity contribution in [3.63, 3.8) is 0 Å². The number of hydrogen-bond acceptors (Lipinski definition) is 6. The molecular formula is C25H27N3O5. The van der Waals surface area contributed by atoms with Crippen molar-refractivity contribution in [3.8, 4) is 17.2 Å². The fourth-order valence-corrected chi connectivity index (χ4v) is 3.33. The third kappa shape index (κ3) is 6.52. The molecule has 0 saturated carbocycles. The molecule has 0 radical (unpaired) electrons. The average Bonchev–Trinajstić information content (AvgIpc) is 3.19. The van der Waals surface area contributed by atoms with E-state index < -0.39 is 5.97 Å². The number of aromatic nitrogens is 2. The van der Waals surface area contributed by atoms with E-state index in [1.165, 1.54) is 12.4 Å². The minimum absolute atomic E-state index is 0.134. The summed E-state index contributed by atoms with van der Waals surface area (Å²) >= 11 is 0. The number of amides is 1. The summed E-state index contributed by atoms with van der Waals surface area (Å²) in [6.07, 6.45) is 7.99. The molecule has 0 unspecified atom stereocenters. The van der Waals surface area contributed by atoms with E-state index in [4.69, 9.17) is 14.3 Å². The molecule has 0 saturated heterocycles. The Kier molecular flexibility index (Phi) is 8.35. The van der Waals surface area contributed by atoms with Crippen LogP contribution in [0.4, 0.5) is 0 Å². The van der Waals surface area contributed by atoms with E-state index in [9.17, 15) is 9.59 Å². The van der Waals surface area contributed by atoms with E-state index >= 15 is 0 Å². The van der Waals surface area contributed by atoms with Crippen molar-refractivity contribution in [3.05, 3.63) is 61.0 Å². The van der Waals surface area contributed by atoms with Gasteiger partial charge in [-0.3, -0.25) is 9.59 Å². The van der Waals surface area contributed by atoms with Crippen LogP contribution in [-0.4, -0.2) is 39.6 Å². The number of unbranched alkanes of at least 4 members (excludes halogenated alkanes) is 1. The zero-order chi connectivity index (χ0) is 23.6.